The Labute approximate surface area is 91.3 Å². The van der Waals surface area contributed by atoms with Crippen molar-refractivity contribution < 1.29 is 0 Å². The van der Waals surface area contributed by atoms with Crippen LogP contribution in [0.25, 0.3) is 0 Å². The summed E-state index contributed by atoms with van der Waals surface area (Å²) in [6.45, 7) is 9.34. The van der Waals surface area contributed by atoms with Gasteiger partial charge in [0.1, 0.15) is 0 Å². The molecule has 0 unspecified atom stereocenters. The van der Waals surface area contributed by atoms with Crippen molar-refractivity contribution >= 4 is 5.69 Å². The van der Waals surface area contributed by atoms with E-state index >= 15 is 0 Å². The number of anilines is 1. The summed E-state index contributed by atoms with van der Waals surface area (Å²) in [4.78, 5) is 2.52. The molecular formula is C13H18N2. The highest BCUT2D eigenvalue weighted by atomic mass is 15.3. The first kappa shape index (κ1) is 9.22. The number of aryl methyl sites for hydroxylation is 1. The van der Waals surface area contributed by atoms with Crippen LogP contribution in [-0.4, -0.2) is 26.2 Å². The van der Waals surface area contributed by atoms with Gasteiger partial charge in [0.05, 0.1) is 0 Å². The molecule has 1 spiro atoms. The number of rotatable bonds is 1. The quantitative estimate of drug-likeness (QED) is 0.746. The Morgan fingerprint density at radius 3 is 2.53 bits per heavy atom. The van der Waals surface area contributed by atoms with Crippen LogP contribution in [0.2, 0.25) is 0 Å². The summed E-state index contributed by atoms with van der Waals surface area (Å²) >= 11 is 0. The van der Waals surface area contributed by atoms with E-state index in [1.165, 1.54) is 43.0 Å². The summed E-state index contributed by atoms with van der Waals surface area (Å²) in [5.74, 6) is 0. The molecule has 1 aromatic rings. The van der Waals surface area contributed by atoms with E-state index in [0.717, 1.165) is 0 Å². The molecule has 0 atom stereocenters. The molecular weight excluding hydrogens is 184 g/mol. The molecule has 2 heteroatoms. The second-order valence-corrected chi connectivity index (χ2v) is 5.18. The molecule has 3 rings (SSSR count). The zero-order chi connectivity index (χ0) is 10.5. The van der Waals surface area contributed by atoms with E-state index in [0.29, 0.717) is 5.41 Å². The van der Waals surface area contributed by atoms with Crippen LogP contribution >= 0.6 is 0 Å². The predicted octanol–water partition coefficient (Wildman–Crippen LogP) is 1.71. The first-order valence-corrected chi connectivity index (χ1v) is 5.72. The minimum absolute atomic E-state index is 0.621. The fourth-order valence-electron chi connectivity index (χ4n) is 2.71. The number of nitrogens with zero attached hydrogens (tertiary/aromatic N) is 1. The van der Waals surface area contributed by atoms with Crippen LogP contribution < -0.4 is 10.2 Å². The minimum Gasteiger partial charge on any atom is -0.370 e. The molecule has 1 aromatic carbocycles. The van der Waals surface area contributed by atoms with Crippen molar-refractivity contribution in [2.24, 2.45) is 5.41 Å². The van der Waals surface area contributed by atoms with Gasteiger partial charge in [0.15, 0.2) is 0 Å². The third-order valence-electron chi connectivity index (χ3n) is 3.97. The molecule has 0 radical (unpaired) electrons. The Balaban J connectivity index is 1.80. The molecule has 2 saturated heterocycles. The lowest BCUT2D eigenvalue weighted by molar-refractivity contribution is 0.121. The average Bonchev–Trinajstić information content (AvgIpc) is 2.07. The summed E-state index contributed by atoms with van der Waals surface area (Å²) in [5.41, 5.74) is 4.91. The minimum atomic E-state index is 0.621. The van der Waals surface area contributed by atoms with E-state index in [9.17, 15) is 0 Å². The van der Waals surface area contributed by atoms with Crippen molar-refractivity contribution in [1.29, 1.82) is 0 Å². The van der Waals surface area contributed by atoms with Gasteiger partial charge >= 0.3 is 0 Å². The molecule has 80 valence electrons. The van der Waals surface area contributed by atoms with Crippen LogP contribution in [0.3, 0.4) is 0 Å². The van der Waals surface area contributed by atoms with Gasteiger partial charge in [-0.1, -0.05) is 12.1 Å². The molecule has 2 nitrogen and oxygen atoms in total. The lowest BCUT2D eigenvalue weighted by atomic mass is 9.74. The zero-order valence-corrected chi connectivity index (χ0v) is 9.51. The molecule has 0 aromatic heterocycles. The Kier molecular flexibility index (Phi) is 1.84. The Morgan fingerprint density at radius 2 is 1.93 bits per heavy atom. The van der Waals surface area contributed by atoms with Crippen LogP contribution in [0.1, 0.15) is 11.1 Å². The summed E-state index contributed by atoms with van der Waals surface area (Å²) < 4.78 is 0. The molecule has 2 fully saturated rings. The second kappa shape index (κ2) is 2.99. The molecule has 1 N–H and O–H groups in total. The normalized spacial score (nSPS) is 22.4. The standard InChI is InChI=1S/C13H18N2/c1-10-4-3-5-12(11(10)2)15-8-13(9-15)6-14-7-13/h3-5,14H,6-9H2,1-2H3. The number of benzene rings is 1. The van der Waals surface area contributed by atoms with Crippen LogP contribution in [-0.2, 0) is 0 Å². The molecule has 2 aliphatic rings. The van der Waals surface area contributed by atoms with Crippen molar-refractivity contribution in [3.63, 3.8) is 0 Å². The first-order chi connectivity index (χ1) is 7.20. The molecule has 2 aliphatic heterocycles. The largest absolute Gasteiger partial charge is 0.370 e. The van der Waals surface area contributed by atoms with E-state index in [-0.39, 0.29) is 0 Å². The van der Waals surface area contributed by atoms with Gasteiger partial charge < -0.3 is 10.2 Å². The van der Waals surface area contributed by atoms with Crippen molar-refractivity contribution in [3.05, 3.63) is 29.3 Å². The van der Waals surface area contributed by atoms with Crippen LogP contribution in [0.15, 0.2) is 18.2 Å². The summed E-state index contributed by atoms with van der Waals surface area (Å²) in [7, 11) is 0. The zero-order valence-electron chi connectivity index (χ0n) is 9.51. The molecule has 0 saturated carbocycles. The van der Waals surface area contributed by atoms with Gasteiger partial charge in [-0.3, -0.25) is 0 Å². The lowest BCUT2D eigenvalue weighted by Crippen LogP contribution is -2.71. The predicted molar refractivity (Wildman–Crippen MR) is 63.4 cm³/mol. The van der Waals surface area contributed by atoms with Crippen molar-refractivity contribution in [2.45, 2.75) is 13.8 Å². The highest BCUT2D eigenvalue weighted by molar-refractivity contribution is 5.58. The van der Waals surface area contributed by atoms with Gasteiger partial charge in [0.2, 0.25) is 0 Å². The molecule has 2 heterocycles. The van der Waals surface area contributed by atoms with Gasteiger partial charge in [0, 0.05) is 37.3 Å². The maximum atomic E-state index is 3.38. The Hall–Kier alpha value is -1.02. The maximum Gasteiger partial charge on any atom is 0.0399 e. The van der Waals surface area contributed by atoms with Crippen LogP contribution in [0, 0.1) is 19.3 Å². The maximum absolute atomic E-state index is 3.38. The van der Waals surface area contributed by atoms with Gasteiger partial charge in [-0.05, 0) is 31.0 Å². The summed E-state index contributed by atoms with van der Waals surface area (Å²) in [6, 6.07) is 6.61. The van der Waals surface area contributed by atoms with E-state index in [1.54, 1.807) is 0 Å². The highest BCUT2D eigenvalue weighted by Crippen LogP contribution is 2.38. The monoisotopic (exact) mass is 202 g/mol. The lowest BCUT2D eigenvalue weighted by Gasteiger charge is -2.57. The van der Waals surface area contributed by atoms with Gasteiger partial charge in [-0.2, -0.15) is 0 Å². The molecule has 0 amide bonds. The molecule has 0 bridgehead atoms. The Bertz CT molecular complexity index is 386. The first-order valence-electron chi connectivity index (χ1n) is 5.72. The second-order valence-electron chi connectivity index (χ2n) is 5.18. The van der Waals surface area contributed by atoms with Crippen LogP contribution in [0.4, 0.5) is 5.69 Å². The SMILES string of the molecule is Cc1cccc(N2CC3(CNC3)C2)c1C. The highest BCUT2D eigenvalue weighted by Gasteiger charge is 2.47. The number of hydrogen-bond acceptors (Lipinski definition) is 2. The smallest absolute Gasteiger partial charge is 0.0399 e. The van der Waals surface area contributed by atoms with E-state index in [2.05, 4.69) is 42.3 Å². The third kappa shape index (κ3) is 1.28. The topological polar surface area (TPSA) is 15.3 Å². The van der Waals surface area contributed by atoms with Gasteiger partial charge in [-0.15, -0.1) is 0 Å². The summed E-state index contributed by atoms with van der Waals surface area (Å²) in [6.07, 6.45) is 0. The number of nitrogens with one attached hydrogen (secondary N) is 1. The fraction of sp³-hybridized carbons (Fsp3) is 0.538. The van der Waals surface area contributed by atoms with Gasteiger partial charge in [-0.25, -0.2) is 0 Å². The van der Waals surface area contributed by atoms with Crippen molar-refractivity contribution in [2.75, 3.05) is 31.1 Å². The van der Waals surface area contributed by atoms with Crippen LogP contribution in [0.5, 0.6) is 0 Å². The van der Waals surface area contributed by atoms with Gasteiger partial charge in [0.25, 0.3) is 0 Å². The number of hydrogen-bond donors (Lipinski definition) is 1. The van der Waals surface area contributed by atoms with Crippen molar-refractivity contribution in [3.8, 4) is 0 Å². The third-order valence-corrected chi connectivity index (χ3v) is 3.97. The summed E-state index contributed by atoms with van der Waals surface area (Å²) in [5, 5.41) is 3.38. The Morgan fingerprint density at radius 1 is 1.20 bits per heavy atom. The molecule has 0 aliphatic carbocycles. The van der Waals surface area contributed by atoms with E-state index in [1.807, 2.05) is 0 Å². The fourth-order valence-corrected chi connectivity index (χ4v) is 2.71. The molecule has 15 heavy (non-hydrogen) atoms. The van der Waals surface area contributed by atoms with E-state index < -0.39 is 0 Å². The average molecular weight is 202 g/mol. The van der Waals surface area contributed by atoms with E-state index in [4.69, 9.17) is 0 Å². The van der Waals surface area contributed by atoms with Crippen molar-refractivity contribution in [1.82, 2.24) is 5.32 Å².